The van der Waals surface area contributed by atoms with Gasteiger partial charge in [-0.15, -0.1) is 0 Å². The molecule has 1 aromatic heterocycles. The lowest BCUT2D eigenvalue weighted by atomic mass is 9.99. The van der Waals surface area contributed by atoms with E-state index in [1.807, 2.05) is 43.5 Å². The van der Waals surface area contributed by atoms with E-state index in [4.69, 9.17) is 0 Å². The highest BCUT2D eigenvalue weighted by molar-refractivity contribution is 5.72. The fourth-order valence-corrected chi connectivity index (χ4v) is 2.23. The van der Waals surface area contributed by atoms with Gasteiger partial charge in [-0.25, -0.2) is 4.39 Å². The summed E-state index contributed by atoms with van der Waals surface area (Å²) in [5.74, 6) is -0.219. The van der Waals surface area contributed by atoms with Crippen molar-refractivity contribution < 1.29 is 4.39 Å². The second-order valence-electron chi connectivity index (χ2n) is 4.76. The van der Waals surface area contributed by atoms with Gasteiger partial charge in [0.1, 0.15) is 5.82 Å². The third-order valence-corrected chi connectivity index (χ3v) is 3.33. The van der Waals surface area contributed by atoms with Crippen molar-refractivity contribution in [2.75, 3.05) is 0 Å². The summed E-state index contributed by atoms with van der Waals surface area (Å²) in [7, 11) is 0. The molecule has 1 nitrogen and oxygen atoms in total. The maximum Gasteiger partial charge on any atom is 0.123 e. The van der Waals surface area contributed by atoms with Crippen LogP contribution < -0.4 is 0 Å². The monoisotopic (exact) mass is 263 g/mol. The Morgan fingerprint density at radius 2 is 1.55 bits per heavy atom. The predicted octanol–water partition coefficient (Wildman–Crippen LogP) is 4.86. The van der Waals surface area contributed by atoms with Gasteiger partial charge in [-0.2, -0.15) is 0 Å². The van der Waals surface area contributed by atoms with E-state index in [0.29, 0.717) is 0 Å². The average Bonchev–Trinajstić information content (AvgIpc) is 2.50. The molecule has 98 valence electrons. The van der Waals surface area contributed by atoms with Crippen LogP contribution in [-0.2, 0) is 0 Å². The van der Waals surface area contributed by atoms with E-state index in [-0.39, 0.29) is 5.82 Å². The third kappa shape index (κ3) is 2.45. The van der Waals surface area contributed by atoms with Crippen LogP contribution >= 0.6 is 0 Å². The van der Waals surface area contributed by atoms with Gasteiger partial charge < -0.3 is 0 Å². The normalized spacial score (nSPS) is 10.5. The van der Waals surface area contributed by atoms with Gasteiger partial charge >= 0.3 is 0 Å². The molecule has 0 N–H and O–H groups in total. The molecule has 0 aliphatic rings. The molecule has 1 heterocycles. The molecule has 3 aromatic rings. The first-order valence-electron chi connectivity index (χ1n) is 6.52. The summed E-state index contributed by atoms with van der Waals surface area (Å²) in [4.78, 5) is 4.48. The molecular formula is C18H14FN. The summed E-state index contributed by atoms with van der Waals surface area (Å²) >= 11 is 0. The van der Waals surface area contributed by atoms with E-state index in [9.17, 15) is 4.39 Å². The van der Waals surface area contributed by atoms with Crippen LogP contribution in [-0.4, -0.2) is 4.98 Å². The number of aryl methyl sites for hydroxylation is 1. The minimum Gasteiger partial charge on any atom is -0.256 e. The van der Waals surface area contributed by atoms with Gasteiger partial charge in [0, 0.05) is 11.8 Å². The van der Waals surface area contributed by atoms with Crippen molar-refractivity contribution in [3.05, 3.63) is 78.2 Å². The van der Waals surface area contributed by atoms with E-state index in [0.717, 1.165) is 27.9 Å². The lowest BCUT2D eigenvalue weighted by Gasteiger charge is -2.09. The third-order valence-electron chi connectivity index (χ3n) is 3.33. The Morgan fingerprint density at radius 1 is 0.850 bits per heavy atom. The molecule has 20 heavy (non-hydrogen) atoms. The molecule has 0 fully saturated rings. The zero-order chi connectivity index (χ0) is 13.9. The molecule has 0 spiro atoms. The lowest BCUT2D eigenvalue weighted by molar-refractivity contribution is 0.628. The smallest absolute Gasteiger partial charge is 0.123 e. The highest BCUT2D eigenvalue weighted by atomic mass is 19.1. The van der Waals surface area contributed by atoms with Crippen LogP contribution in [0.4, 0.5) is 4.39 Å². The average molecular weight is 263 g/mol. The van der Waals surface area contributed by atoms with Gasteiger partial charge in [0.2, 0.25) is 0 Å². The Morgan fingerprint density at radius 3 is 2.25 bits per heavy atom. The van der Waals surface area contributed by atoms with Crippen LogP contribution in [0, 0.1) is 12.7 Å². The fourth-order valence-electron chi connectivity index (χ4n) is 2.23. The Kier molecular flexibility index (Phi) is 3.30. The van der Waals surface area contributed by atoms with E-state index >= 15 is 0 Å². The molecule has 0 unspecified atom stereocenters. The summed E-state index contributed by atoms with van der Waals surface area (Å²) in [6.07, 6.45) is 1.86. The van der Waals surface area contributed by atoms with Crippen molar-refractivity contribution in [1.29, 1.82) is 0 Å². The first-order valence-corrected chi connectivity index (χ1v) is 6.52. The minimum absolute atomic E-state index is 0.219. The van der Waals surface area contributed by atoms with Crippen LogP contribution in [0.15, 0.2) is 66.9 Å². The number of hydrogen-bond donors (Lipinski definition) is 0. The molecule has 0 amide bonds. The second kappa shape index (κ2) is 5.25. The molecule has 0 saturated carbocycles. The Hall–Kier alpha value is -2.48. The van der Waals surface area contributed by atoms with Crippen molar-refractivity contribution in [3.63, 3.8) is 0 Å². The Balaban J connectivity index is 2.10. The van der Waals surface area contributed by atoms with E-state index in [1.54, 1.807) is 12.1 Å². The maximum absolute atomic E-state index is 13.0. The molecular weight excluding hydrogens is 249 g/mol. The summed E-state index contributed by atoms with van der Waals surface area (Å²) in [5, 5.41) is 0. The molecule has 2 aromatic carbocycles. The van der Waals surface area contributed by atoms with E-state index in [2.05, 4.69) is 11.1 Å². The fraction of sp³-hybridized carbons (Fsp3) is 0.0556. The summed E-state index contributed by atoms with van der Waals surface area (Å²) in [6.45, 7) is 2.01. The van der Waals surface area contributed by atoms with Gasteiger partial charge in [0.05, 0.1) is 5.69 Å². The number of aromatic nitrogens is 1. The summed E-state index contributed by atoms with van der Waals surface area (Å²) in [6, 6.07) is 18.7. The lowest BCUT2D eigenvalue weighted by Crippen LogP contribution is -1.89. The topological polar surface area (TPSA) is 12.9 Å². The molecule has 0 bridgehead atoms. The Bertz CT molecular complexity index is 718. The summed E-state index contributed by atoms with van der Waals surface area (Å²) < 4.78 is 13.0. The molecule has 3 rings (SSSR count). The van der Waals surface area contributed by atoms with Crippen LogP contribution in [0.1, 0.15) is 5.56 Å². The molecule has 0 aliphatic heterocycles. The number of hydrogen-bond acceptors (Lipinski definition) is 1. The SMILES string of the molecule is Cc1cnc(-c2ccccc2)cc1-c1ccc(F)cc1. The van der Waals surface area contributed by atoms with Gasteiger partial charge in [0.15, 0.2) is 0 Å². The first-order chi connectivity index (χ1) is 9.74. The van der Waals surface area contributed by atoms with Crippen LogP contribution in [0.5, 0.6) is 0 Å². The van der Waals surface area contributed by atoms with Crippen molar-refractivity contribution >= 4 is 0 Å². The molecule has 0 radical (unpaired) electrons. The number of benzene rings is 2. The predicted molar refractivity (Wildman–Crippen MR) is 79.8 cm³/mol. The second-order valence-corrected chi connectivity index (χ2v) is 4.76. The molecule has 0 aliphatic carbocycles. The van der Waals surface area contributed by atoms with Gasteiger partial charge in [-0.3, -0.25) is 4.98 Å². The quantitative estimate of drug-likeness (QED) is 0.643. The largest absolute Gasteiger partial charge is 0.256 e. The van der Waals surface area contributed by atoms with E-state index in [1.165, 1.54) is 12.1 Å². The maximum atomic E-state index is 13.0. The minimum atomic E-state index is -0.219. The van der Waals surface area contributed by atoms with Crippen molar-refractivity contribution in [2.45, 2.75) is 6.92 Å². The standard InChI is InChI=1S/C18H14FN/c1-13-12-20-18(15-5-3-2-4-6-15)11-17(13)14-7-9-16(19)10-8-14/h2-12H,1H3. The summed E-state index contributed by atoms with van der Waals surface area (Å²) in [5.41, 5.74) is 5.17. The van der Waals surface area contributed by atoms with Crippen LogP contribution in [0.25, 0.3) is 22.4 Å². The van der Waals surface area contributed by atoms with Crippen LogP contribution in [0.3, 0.4) is 0 Å². The van der Waals surface area contributed by atoms with Gasteiger partial charge in [-0.05, 0) is 41.8 Å². The molecule has 0 atom stereocenters. The highest BCUT2D eigenvalue weighted by Gasteiger charge is 2.06. The van der Waals surface area contributed by atoms with Crippen molar-refractivity contribution in [2.24, 2.45) is 0 Å². The number of nitrogens with zero attached hydrogens (tertiary/aromatic N) is 1. The van der Waals surface area contributed by atoms with Gasteiger partial charge in [0.25, 0.3) is 0 Å². The first kappa shape index (κ1) is 12.5. The van der Waals surface area contributed by atoms with E-state index < -0.39 is 0 Å². The van der Waals surface area contributed by atoms with Gasteiger partial charge in [-0.1, -0.05) is 42.5 Å². The number of halogens is 1. The number of rotatable bonds is 2. The Labute approximate surface area is 117 Å². The highest BCUT2D eigenvalue weighted by Crippen LogP contribution is 2.27. The van der Waals surface area contributed by atoms with Crippen molar-refractivity contribution in [1.82, 2.24) is 4.98 Å². The van der Waals surface area contributed by atoms with Crippen molar-refractivity contribution in [3.8, 4) is 22.4 Å². The molecule has 2 heteroatoms. The number of pyridine rings is 1. The van der Waals surface area contributed by atoms with Crippen LogP contribution in [0.2, 0.25) is 0 Å². The zero-order valence-electron chi connectivity index (χ0n) is 11.2. The molecule has 0 saturated heterocycles. The zero-order valence-corrected chi connectivity index (χ0v) is 11.2.